The van der Waals surface area contributed by atoms with E-state index in [0.29, 0.717) is 17.4 Å². The summed E-state index contributed by atoms with van der Waals surface area (Å²) >= 11 is 0. The molecule has 4 rings (SSSR count). The van der Waals surface area contributed by atoms with Gasteiger partial charge in [-0.25, -0.2) is 13.1 Å². The molecule has 8 heteroatoms. The highest BCUT2D eigenvalue weighted by Gasteiger charge is 2.35. The Labute approximate surface area is 205 Å². The number of benzene rings is 1. The van der Waals surface area contributed by atoms with Crippen LogP contribution in [0, 0.1) is 11.8 Å². The molecule has 0 radical (unpaired) electrons. The van der Waals surface area contributed by atoms with E-state index in [2.05, 4.69) is 21.9 Å². The number of ether oxygens (including phenoxy) is 1. The maximum absolute atomic E-state index is 13.0. The lowest BCUT2D eigenvalue weighted by molar-refractivity contribution is 0.0548. The van der Waals surface area contributed by atoms with Crippen LogP contribution < -0.4 is 10.0 Å². The lowest BCUT2D eigenvalue weighted by atomic mass is 9.83. The monoisotopic (exact) mass is 491 g/mol. The van der Waals surface area contributed by atoms with Gasteiger partial charge in [0.15, 0.2) is 0 Å². The highest BCUT2D eigenvalue weighted by Crippen LogP contribution is 2.28. The number of rotatable bonds is 11. The van der Waals surface area contributed by atoms with Gasteiger partial charge in [-0.15, -0.1) is 0 Å². The second-order valence-electron chi connectivity index (χ2n) is 10.3. The van der Waals surface area contributed by atoms with E-state index >= 15 is 0 Å². The molecule has 3 fully saturated rings. The van der Waals surface area contributed by atoms with Crippen LogP contribution in [0.25, 0.3) is 0 Å². The number of nitrogens with one attached hydrogen (secondary N) is 2. The Balaban J connectivity index is 1.28. The van der Waals surface area contributed by atoms with Crippen LogP contribution in [0.5, 0.6) is 0 Å². The molecule has 2 unspecified atom stereocenters. The van der Waals surface area contributed by atoms with Crippen molar-refractivity contribution < 1.29 is 17.9 Å². The van der Waals surface area contributed by atoms with Crippen molar-refractivity contribution in [2.24, 2.45) is 11.8 Å². The van der Waals surface area contributed by atoms with E-state index in [0.717, 1.165) is 70.5 Å². The summed E-state index contributed by atoms with van der Waals surface area (Å²) in [6, 6.07) is 7.50. The number of sulfonamides is 1. The number of carbonyl (C=O) groups excluding carboxylic acids is 1. The van der Waals surface area contributed by atoms with Crippen LogP contribution in [-0.4, -0.2) is 63.4 Å². The minimum absolute atomic E-state index is 0.0325. The molecule has 2 N–H and O–H groups in total. The van der Waals surface area contributed by atoms with Gasteiger partial charge in [0.25, 0.3) is 5.91 Å². The first-order valence-electron chi connectivity index (χ1n) is 13.1. The fraction of sp³-hybridized carbons (Fsp3) is 0.731. The molecule has 2 saturated carbocycles. The molecule has 7 nitrogen and oxygen atoms in total. The Hall–Kier alpha value is -1.48. The van der Waals surface area contributed by atoms with Crippen molar-refractivity contribution in [3.63, 3.8) is 0 Å². The van der Waals surface area contributed by atoms with Gasteiger partial charge in [-0.05, 0) is 81.5 Å². The van der Waals surface area contributed by atoms with E-state index in [-0.39, 0.29) is 23.7 Å². The summed E-state index contributed by atoms with van der Waals surface area (Å²) in [7, 11) is -3.20. The number of hydrogen-bond acceptors (Lipinski definition) is 5. The quantitative estimate of drug-likeness (QED) is 0.496. The van der Waals surface area contributed by atoms with Gasteiger partial charge < -0.3 is 15.0 Å². The topological polar surface area (TPSA) is 87.7 Å². The molecule has 1 amide bonds. The molecule has 0 spiro atoms. The van der Waals surface area contributed by atoms with Gasteiger partial charge in [0.1, 0.15) is 0 Å². The molecule has 1 aliphatic heterocycles. The number of piperidine rings is 1. The highest BCUT2D eigenvalue weighted by molar-refractivity contribution is 7.90. The van der Waals surface area contributed by atoms with E-state index in [1.807, 2.05) is 12.1 Å². The third-order valence-corrected chi connectivity index (χ3v) is 9.43. The van der Waals surface area contributed by atoms with Gasteiger partial charge in [0.2, 0.25) is 10.0 Å². The predicted octanol–water partition coefficient (Wildman–Crippen LogP) is 3.31. The summed E-state index contributed by atoms with van der Waals surface area (Å²) in [5.41, 5.74) is 1.50. The van der Waals surface area contributed by atoms with Crippen LogP contribution in [0.1, 0.15) is 74.2 Å². The number of hydrogen-bond donors (Lipinski definition) is 2. The third-order valence-electron chi connectivity index (χ3n) is 7.54. The Kier molecular flexibility index (Phi) is 9.02. The summed E-state index contributed by atoms with van der Waals surface area (Å²) < 4.78 is 32.4. The van der Waals surface area contributed by atoms with Crippen molar-refractivity contribution in [3.8, 4) is 0 Å². The summed E-state index contributed by atoms with van der Waals surface area (Å²) in [4.78, 5) is 15.6. The number of amides is 1. The standard InChI is InChI=1S/C26H41N3O4S/c1-2-33-19-21-6-5-15-29(17-21)18-23-7-3-4-8-25(23)28-26(30)22-11-9-20(10-12-22)16-27-34(31,32)24-13-14-24/h9-12,21,23-25,27H,2-8,13-19H2,1H3,(H,28,30)/t21?,23?,25-/m0/s1. The maximum atomic E-state index is 13.0. The number of likely N-dealkylation sites (tertiary alicyclic amines) is 1. The van der Waals surface area contributed by atoms with E-state index in [1.165, 1.54) is 19.3 Å². The summed E-state index contributed by atoms with van der Waals surface area (Å²) in [6.45, 7) is 7.26. The SMILES string of the molecule is CCOCC1CCCN(CC2CCCC[C@@H]2NC(=O)c2ccc(CNS(=O)(=O)C3CC3)cc2)C1. The molecule has 0 bridgehead atoms. The molecule has 1 aromatic rings. The van der Waals surface area contributed by atoms with Crippen LogP contribution in [0.4, 0.5) is 0 Å². The lowest BCUT2D eigenvalue weighted by Crippen LogP contribution is -2.48. The molecule has 0 aromatic heterocycles. The zero-order chi connectivity index (χ0) is 24.0. The van der Waals surface area contributed by atoms with Crippen molar-refractivity contribution >= 4 is 15.9 Å². The first-order chi connectivity index (χ1) is 16.4. The minimum atomic E-state index is -3.20. The molecular weight excluding hydrogens is 450 g/mol. The average molecular weight is 492 g/mol. The highest BCUT2D eigenvalue weighted by atomic mass is 32.2. The predicted molar refractivity (Wildman–Crippen MR) is 134 cm³/mol. The van der Waals surface area contributed by atoms with E-state index in [4.69, 9.17) is 4.74 Å². The van der Waals surface area contributed by atoms with Crippen LogP contribution in [0.3, 0.4) is 0 Å². The van der Waals surface area contributed by atoms with E-state index < -0.39 is 10.0 Å². The van der Waals surface area contributed by atoms with Crippen molar-refractivity contribution in [3.05, 3.63) is 35.4 Å². The second kappa shape index (κ2) is 12.0. The fourth-order valence-corrected chi connectivity index (χ4v) is 6.75. The molecule has 1 saturated heterocycles. The normalized spacial score (nSPS) is 26.3. The van der Waals surface area contributed by atoms with Gasteiger partial charge in [-0.2, -0.15) is 0 Å². The van der Waals surface area contributed by atoms with Crippen LogP contribution in [0.2, 0.25) is 0 Å². The fourth-order valence-electron chi connectivity index (χ4n) is 5.39. The Bertz CT molecular complexity index is 901. The van der Waals surface area contributed by atoms with Crippen LogP contribution >= 0.6 is 0 Å². The molecule has 1 heterocycles. The van der Waals surface area contributed by atoms with Gasteiger partial charge in [0, 0.05) is 37.8 Å². The largest absolute Gasteiger partial charge is 0.381 e. The van der Waals surface area contributed by atoms with E-state index in [1.54, 1.807) is 12.1 Å². The zero-order valence-electron chi connectivity index (χ0n) is 20.5. The molecule has 190 valence electrons. The molecule has 2 aliphatic carbocycles. The third kappa shape index (κ3) is 7.26. The van der Waals surface area contributed by atoms with E-state index in [9.17, 15) is 13.2 Å². The maximum Gasteiger partial charge on any atom is 0.251 e. The Morgan fingerprint density at radius 3 is 2.56 bits per heavy atom. The molecule has 3 aliphatic rings. The average Bonchev–Trinajstić information content (AvgIpc) is 3.70. The minimum Gasteiger partial charge on any atom is -0.381 e. The molecular formula is C26H41N3O4S. The van der Waals surface area contributed by atoms with Crippen molar-refractivity contribution in [2.75, 3.05) is 32.8 Å². The number of carbonyl (C=O) groups is 1. The van der Waals surface area contributed by atoms with Gasteiger partial charge in [-0.3, -0.25) is 4.79 Å². The summed E-state index contributed by atoms with van der Waals surface area (Å²) in [5, 5.41) is 3.10. The second-order valence-corrected chi connectivity index (χ2v) is 12.4. The lowest BCUT2D eigenvalue weighted by Gasteiger charge is -2.39. The summed E-state index contributed by atoms with van der Waals surface area (Å²) in [5.74, 6) is 1.08. The Morgan fingerprint density at radius 1 is 1.06 bits per heavy atom. The van der Waals surface area contributed by atoms with Crippen molar-refractivity contribution in [2.45, 2.75) is 76.1 Å². The van der Waals surface area contributed by atoms with Crippen LogP contribution in [0.15, 0.2) is 24.3 Å². The number of nitrogens with zero attached hydrogens (tertiary/aromatic N) is 1. The van der Waals surface area contributed by atoms with Gasteiger partial charge in [-0.1, -0.05) is 25.0 Å². The summed E-state index contributed by atoms with van der Waals surface area (Å²) in [6.07, 6.45) is 8.58. The van der Waals surface area contributed by atoms with Gasteiger partial charge >= 0.3 is 0 Å². The molecule has 34 heavy (non-hydrogen) atoms. The zero-order valence-corrected chi connectivity index (χ0v) is 21.3. The van der Waals surface area contributed by atoms with Crippen LogP contribution in [-0.2, 0) is 21.3 Å². The first kappa shape index (κ1) is 25.6. The molecule has 1 aromatic carbocycles. The Morgan fingerprint density at radius 2 is 1.82 bits per heavy atom. The smallest absolute Gasteiger partial charge is 0.251 e. The first-order valence-corrected chi connectivity index (χ1v) is 14.7. The van der Waals surface area contributed by atoms with Crippen molar-refractivity contribution in [1.29, 1.82) is 0 Å². The van der Waals surface area contributed by atoms with Gasteiger partial charge in [0.05, 0.1) is 11.9 Å². The van der Waals surface area contributed by atoms with Crippen molar-refractivity contribution in [1.82, 2.24) is 14.9 Å². The molecule has 3 atom stereocenters.